The molecule has 0 saturated carbocycles. The third-order valence-corrected chi connectivity index (χ3v) is 2.36. The molecule has 0 aliphatic carbocycles. The van der Waals surface area contributed by atoms with E-state index in [1.807, 2.05) is 24.3 Å². The van der Waals surface area contributed by atoms with Crippen LogP contribution in [0.25, 0.3) is 0 Å². The van der Waals surface area contributed by atoms with E-state index in [1.54, 1.807) is 7.11 Å². The molecule has 0 amide bonds. The van der Waals surface area contributed by atoms with Gasteiger partial charge in [-0.15, -0.1) is 0 Å². The van der Waals surface area contributed by atoms with Crippen LogP contribution in [-0.4, -0.2) is 31.7 Å². The van der Waals surface area contributed by atoms with Gasteiger partial charge in [0, 0.05) is 12.2 Å². The number of hydrogen-bond acceptors (Lipinski definition) is 5. The number of benzene rings is 1. The van der Waals surface area contributed by atoms with Crippen molar-refractivity contribution < 1.29 is 18.9 Å². The Morgan fingerprint density at radius 3 is 2.75 bits per heavy atom. The van der Waals surface area contributed by atoms with Gasteiger partial charge in [0.25, 0.3) is 0 Å². The number of thiocarbonyl (C=S) groups is 1. The van der Waals surface area contributed by atoms with Crippen LogP contribution >= 0.6 is 12.2 Å². The molecular weight excluding hydrogens is 228 g/mol. The molecule has 0 spiro atoms. The molecule has 0 N–H and O–H groups in total. The minimum Gasteiger partial charge on any atom is -0.493 e. The first-order chi connectivity index (χ1) is 7.79. The van der Waals surface area contributed by atoms with Gasteiger partial charge in [0.1, 0.15) is 13.2 Å². The van der Waals surface area contributed by atoms with E-state index >= 15 is 0 Å². The molecule has 1 aliphatic heterocycles. The first-order valence-corrected chi connectivity index (χ1v) is 5.29. The minimum atomic E-state index is -0.141. The van der Waals surface area contributed by atoms with Gasteiger partial charge in [-0.2, -0.15) is 0 Å². The number of hydrogen-bond donors (Lipinski definition) is 0. The van der Waals surface area contributed by atoms with Crippen LogP contribution in [0.2, 0.25) is 0 Å². The third-order valence-electron chi connectivity index (χ3n) is 2.14. The van der Waals surface area contributed by atoms with E-state index in [0.29, 0.717) is 24.7 Å². The van der Waals surface area contributed by atoms with E-state index in [0.717, 1.165) is 0 Å². The summed E-state index contributed by atoms with van der Waals surface area (Å²) in [6.45, 7) is 0.828. The summed E-state index contributed by atoms with van der Waals surface area (Å²) in [5.74, 6) is 1.38. The third kappa shape index (κ3) is 2.55. The van der Waals surface area contributed by atoms with Crippen molar-refractivity contribution in [3.8, 4) is 11.5 Å². The summed E-state index contributed by atoms with van der Waals surface area (Å²) in [6, 6.07) is 7.45. The van der Waals surface area contributed by atoms with Gasteiger partial charge in [0.15, 0.2) is 17.6 Å². The van der Waals surface area contributed by atoms with Crippen molar-refractivity contribution in [1.29, 1.82) is 0 Å². The Bertz CT molecular complexity index is 380. The second kappa shape index (κ2) is 5.03. The summed E-state index contributed by atoms with van der Waals surface area (Å²) in [7, 11) is 1.60. The van der Waals surface area contributed by atoms with Crippen LogP contribution in [0.3, 0.4) is 0 Å². The molecule has 1 aromatic carbocycles. The Morgan fingerprint density at radius 1 is 1.38 bits per heavy atom. The lowest BCUT2D eigenvalue weighted by molar-refractivity contribution is 0.142. The summed E-state index contributed by atoms with van der Waals surface area (Å²) in [5.41, 5.74) is 0. The summed E-state index contributed by atoms with van der Waals surface area (Å²) in [4.78, 5) is 0. The first-order valence-electron chi connectivity index (χ1n) is 4.89. The van der Waals surface area contributed by atoms with Crippen molar-refractivity contribution in [3.05, 3.63) is 24.3 Å². The fourth-order valence-electron chi connectivity index (χ4n) is 1.37. The molecule has 86 valence electrons. The van der Waals surface area contributed by atoms with Crippen LogP contribution in [0.15, 0.2) is 24.3 Å². The van der Waals surface area contributed by atoms with E-state index in [9.17, 15) is 0 Å². The van der Waals surface area contributed by atoms with Gasteiger partial charge < -0.3 is 18.9 Å². The number of rotatable bonds is 4. The summed E-state index contributed by atoms with van der Waals surface area (Å²) in [5, 5.41) is 0.189. The predicted octanol–water partition coefficient (Wildman–Crippen LogP) is 1.77. The second-order valence-electron chi connectivity index (χ2n) is 3.26. The average molecular weight is 240 g/mol. The molecule has 1 unspecified atom stereocenters. The molecule has 0 aromatic heterocycles. The van der Waals surface area contributed by atoms with E-state index < -0.39 is 0 Å². The zero-order valence-electron chi connectivity index (χ0n) is 8.84. The quantitative estimate of drug-likeness (QED) is 0.750. The maximum absolute atomic E-state index is 5.57. The molecule has 16 heavy (non-hydrogen) atoms. The van der Waals surface area contributed by atoms with Gasteiger partial charge in [0.2, 0.25) is 0 Å². The standard InChI is InChI=1S/C11H12O4S/c1-12-9-4-2-3-5-10(9)13-6-8-7-14-11(16)15-8/h2-5,8H,6-7H2,1H3. The van der Waals surface area contributed by atoms with Crippen LogP contribution in [0, 0.1) is 0 Å². The van der Waals surface area contributed by atoms with Gasteiger partial charge in [-0.05, 0) is 12.1 Å². The van der Waals surface area contributed by atoms with E-state index in [4.69, 9.17) is 31.2 Å². The van der Waals surface area contributed by atoms with Crippen molar-refractivity contribution in [2.45, 2.75) is 6.10 Å². The maximum atomic E-state index is 5.57. The van der Waals surface area contributed by atoms with E-state index in [1.165, 1.54) is 0 Å². The number of ether oxygens (including phenoxy) is 4. The van der Waals surface area contributed by atoms with Gasteiger partial charge >= 0.3 is 5.24 Å². The highest BCUT2D eigenvalue weighted by atomic mass is 32.1. The Kier molecular flexibility index (Phi) is 3.46. The zero-order chi connectivity index (χ0) is 11.4. The molecule has 1 saturated heterocycles. The SMILES string of the molecule is COc1ccccc1OCC1COC(=S)O1. The highest BCUT2D eigenvalue weighted by Crippen LogP contribution is 2.26. The minimum absolute atomic E-state index is 0.141. The molecule has 1 atom stereocenters. The Balaban J connectivity index is 1.91. The van der Waals surface area contributed by atoms with E-state index in [2.05, 4.69) is 0 Å². The maximum Gasteiger partial charge on any atom is 0.352 e. The van der Waals surface area contributed by atoms with Crippen LogP contribution in [0.4, 0.5) is 0 Å². The average Bonchev–Trinajstić information content (AvgIpc) is 2.73. The molecule has 1 aliphatic rings. The van der Waals surface area contributed by atoms with Gasteiger partial charge in [-0.25, -0.2) is 0 Å². The summed E-state index contributed by atoms with van der Waals surface area (Å²) in [6.07, 6.45) is -0.141. The van der Waals surface area contributed by atoms with Crippen LogP contribution in [0.5, 0.6) is 11.5 Å². The number of methoxy groups -OCH3 is 1. The van der Waals surface area contributed by atoms with Crippen molar-refractivity contribution in [2.24, 2.45) is 0 Å². The largest absolute Gasteiger partial charge is 0.493 e. The summed E-state index contributed by atoms with van der Waals surface area (Å²) >= 11 is 4.75. The lowest BCUT2D eigenvalue weighted by Gasteiger charge is -2.12. The van der Waals surface area contributed by atoms with Crippen LogP contribution < -0.4 is 9.47 Å². The molecule has 1 fully saturated rings. The van der Waals surface area contributed by atoms with Gasteiger partial charge in [-0.1, -0.05) is 12.1 Å². The zero-order valence-corrected chi connectivity index (χ0v) is 9.66. The molecule has 0 bridgehead atoms. The topological polar surface area (TPSA) is 36.9 Å². The van der Waals surface area contributed by atoms with Gasteiger partial charge in [-0.3, -0.25) is 0 Å². The molecule has 1 heterocycles. The fourth-order valence-corrected chi connectivity index (χ4v) is 1.57. The monoisotopic (exact) mass is 240 g/mol. The normalized spacial score (nSPS) is 18.8. The van der Waals surface area contributed by atoms with Crippen molar-refractivity contribution in [1.82, 2.24) is 0 Å². The molecule has 5 heteroatoms. The van der Waals surface area contributed by atoms with Crippen LogP contribution in [0.1, 0.15) is 0 Å². The highest BCUT2D eigenvalue weighted by molar-refractivity contribution is 7.79. The highest BCUT2D eigenvalue weighted by Gasteiger charge is 2.22. The first kappa shape index (κ1) is 11.0. The second-order valence-corrected chi connectivity index (χ2v) is 3.60. The molecule has 0 radical (unpaired) electrons. The van der Waals surface area contributed by atoms with Crippen molar-refractivity contribution in [3.63, 3.8) is 0 Å². The van der Waals surface area contributed by atoms with Crippen LogP contribution in [-0.2, 0) is 9.47 Å². The van der Waals surface area contributed by atoms with E-state index in [-0.39, 0.29) is 11.3 Å². The predicted molar refractivity (Wildman–Crippen MR) is 61.9 cm³/mol. The molecule has 1 aromatic rings. The Morgan fingerprint density at radius 2 is 2.12 bits per heavy atom. The molecular formula is C11H12O4S. The Labute approximate surface area is 99.1 Å². The molecule has 4 nitrogen and oxygen atoms in total. The smallest absolute Gasteiger partial charge is 0.352 e. The Hall–Kier alpha value is -1.49. The fraction of sp³-hybridized carbons (Fsp3) is 0.364. The summed E-state index contributed by atoms with van der Waals surface area (Å²) < 4.78 is 20.9. The van der Waals surface area contributed by atoms with Crippen molar-refractivity contribution in [2.75, 3.05) is 20.3 Å². The number of para-hydroxylation sites is 2. The lowest BCUT2D eigenvalue weighted by atomic mass is 10.3. The lowest BCUT2D eigenvalue weighted by Crippen LogP contribution is -2.20. The van der Waals surface area contributed by atoms with Crippen molar-refractivity contribution >= 4 is 17.5 Å². The molecule has 2 rings (SSSR count). The van der Waals surface area contributed by atoms with Gasteiger partial charge in [0.05, 0.1) is 7.11 Å².